The molecule has 0 saturated carbocycles. The van der Waals surface area contributed by atoms with Crippen molar-refractivity contribution in [2.75, 3.05) is 13.1 Å². The molecule has 2 aromatic rings. The Morgan fingerprint density at radius 2 is 2.08 bits per heavy atom. The van der Waals surface area contributed by atoms with Crippen LogP contribution < -0.4 is 5.73 Å². The number of hydrogen-bond acceptors (Lipinski definition) is 5. The Kier molecular flexibility index (Phi) is 5.70. The van der Waals surface area contributed by atoms with Crippen molar-refractivity contribution in [2.45, 2.75) is 44.7 Å². The van der Waals surface area contributed by atoms with E-state index in [4.69, 9.17) is 5.73 Å². The number of carbonyl (C=O) groups excluding carboxylic acids is 1. The molecule has 0 radical (unpaired) electrons. The molecule has 2 heterocycles. The fourth-order valence-electron chi connectivity index (χ4n) is 2.98. The zero-order chi connectivity index (χ0) is 17.6. The molecule has 0 spiro atoms. The average Bonchev–Trinajstić information content (AvgIpc) is 2.96. The molecule has 1 atom stereocenters. The molecule has 1 aliphatic rings. The van der Waals surface area contributed by atoms with Gasteiger partial charge in [0.05, 0.1) is 6.54 Å². The molecule has 1 aliphatic heterocycles. The third kappa shape index (κ3) is 4.82. The van der Waals surface area contributed by atoms with Gasteiger partial charge in [0.25, 0.3) is 0 Å². The first-order valence-corrected chi connectivity index (χ1v) is 8.69. The molecular formula is C17H23FN6O. The number of aromatic nitrogens is 4. The van der Waals surface area contributed by atoms with Gasteiger partial charge in [-0.15, -0.1) is 10.2 Å². The molecule has 25 heavy (non-hydrogen) atoms. The summed E-state index contributed by atoms with van der Waals surface area (Å²) in [4.78, 5) is 15.7. The Morgan fingerprint density at radius 3 is 2.88 bits per heavy atom. The van der Waals surface area contributed by atoms with Crippen LogP contribution >= 0.6 is 0 Å². The minimum atomic E-state index is -0.303. The number of hydrogen-bond donors (Lipinski definition) is 1. The van der Waals surface area contributed by atoms with Gasteiger partial charge in [-0.25, -0.2) is 4.39 Å². The van der Waals surface area contributed by atoms with Crippen LogP contribution in [0, 0.1) is 5.82 Å². The SMILES string of the molecule is NC1CCCCN(C(=O)CCCn2nnc(-c3ccc(F)cc3)n2)C1. The highest BCUT2D eigenvalue weighted by Crippen LogP contribution is 2.14. The van der Waals surface area contributed by atoms with Crippen molar-refractivity contribution in [3.8, 4) is 11.4 Å². The average molecular weight is 346 g/mol. The molecule has 0 aliphatic carbocycles. The lowest BCUT2D eigenvalue weighted by atomic mass is 10.1. The minimum absolute atomic E-state index is 0.0849. The second-order valence-corrected chi connectivity index (χ2v) is 6.42. The molecular weight excluding hydrogens is 323 g/mol. The number of halogens is 1. The summed E-state index contributed by atoms with van der Waals surface area (Å²) in [5.74, 6) is 0.281. The Balaban J connectivity index is 1.49. The summed E-state index contributed by atoms with van der Waals surface area (Å²) < 4.78 is 12.9. The number of amides is 1. The fraction of sp³-hybridized carbons (Fsp3) is 0.529. The van der Waals surface area contributed by atoms with Crippen molar-refractivity contribution in [3.63, 3.8) is 0 Å². The van der Waals surface area contributed by atoms with Gasteiger partial charge in [-0.1, -0.05) is 6.42 Å². The maximum Gasteiger partial charge on any atom is 0.222 e. The predicted octanol–water partition coefficient (Wildman–Crippen LogP) is 1.60. The van der Waals surface area contributed by atoms with Crippen molar-refractivity contribution in [2.24, 2.45) is 5.73 Å². The molecule has 134 valence electrons. The zero-order valence-electron chi connectivity index (χ0n) is 14.1. The summed E-state index contributed by atoms with van der Waals surface area (Å²) in [6.45, 7) is 1.96. The molecule has 1 aromatic heterocycles. The number of rotatable bonds is 5. The minimum Gasteiger partial charge on any atom is -0.341 e. The van der Waals surface area contributed by atoms with Gasteiger partial charge in [0.2, 0.25) is 11.7 Å². The first-order valence-electron chi connectivity index (χ1n) is 8.69. The highest BCUT2D eigenvalue weighted by atomic mass is 19.1. The van der Waals surface area contributed by atoms with Gasteiger partial charge < -0.3 is 10.6 Å². The van der Waals surface area contributed by atoms with Gasteiger partial charge in [-0.2, -0.15) is 4.80 Å². The molecule has 2 N–H and O–H groups in total. The van der Waals surface area contributed by atoms with E-state index in [9.17, 15) is 9.18 Å². The van der Waals surface area contributed by atoms with Crippen molar-refractivity contribution < 1.29 is 9.18 Å². The molecule has 1 aromatic carbocycles. The summed E-state index contributed by atoms with van der Waals surface area (Å²) in [6.07, 6.45) is 4.17. The van der Waals surface area contributed by atoms with Gasteiger partial charge in [-0.3, -0.25) is 4.79 Å². The van der Waals surface area contributed by atoms with E-state index in [0.29, 0.717) is 37.3 Å². The Bertz CT molecular complexity index is 701. The van der Waals surface area contributed by atoms with Crippen molar-refractivity contribution in [1.82, 2.24) is 25.1 Å². The lowest BCUT2D eigenvalue weighted by Gasteiger charge is -2.22. The van der Waals surface area contributed by atoms with Crippen LogP contribution in [0.4, 0.5) is 4.39 Å². The number of nitrogens with two attached hydrogens (primary N) is 1. The van der Waals surface area contributed by atoms with Crippen LogP contribution in [0.15, 0.2) is 24.3 Å². The topological polar surface area (TPSA) is 89.9 Å². The highest BCUT2D eigenvalue weighted by molar-refractivity contribution is 5.76. The number of nitrogens with zero attached hydrogens (tertiary/aromatic N) is 5. The van der Waals surface area contributed by atoms with E-state index in [1.165, 1.54) is 16.9 Å². The predicted molar refractivity (Wildman–Crippen MR) is 90.9 cm³/mol. The van der Waals surface area contributed by atoms with E-state index in [-0.39, 0.29) is 17.8 Å². The van der Waals surface area contributed by atoms with Crippen LogP contribution in [0.25, 0.3) is 11.4 Å². The van der Waals surface area contributed by atoms with Gasteiger partial charge in [0, 0.05) is 31.1 Å². The summed E-state index contributed by atoms with van der Waals surface area (Å²) in [7, 11) is 0. The van der Waals surface area contributed by atoms with Crippen LogP contribution in [0.1, 0.15) is 32.1 Å². The summed E-state index contributed by atoms with van der Waals surface area (Å²) in [5.41, 5.74) is 6.71. The highest BCUT2D eigenvalue weighted by Gasteiger charge is 2.19. The van der Waals surface area contributed by atoms with Crippen LogP contribution in [0.3, 0.4) is 0 Å². The molecule has 0 bridgehead atoms. The second-order valence-electron chi connectivity index (χ2n) is 6.42. The Morgan fingerprint density at radius 1 is 1.28 bits per heavy atom. The smallest absolute Gasteiger partial charge is 0.222 e. The molecule has 7 nitrogen and oxygen atoms in total. The van der Waals surface area contributed by atoms with E-state index in [1.54, 1.807) is 12.1 Å². The Hall–Kier alpha value is -2.35. The van der Waals surface area contributed by atoms with Gasteiger partial charge in [0.1, 0.15) is 5.82 Å². The van der Waals surface area contributed by atoms with E-state index >= 15 is 0 Å². The monoisotopic (exact) mass is 346 g/mol. The number of tetrazole rings is 1. The Labute approximate surface area is 146 Å². The van der Waals surface area contributed by atoms with Gasteiger partial charge in [0.15, 0.2) is 0 Å². The normalized spacial score (nSPS) is 18.2. The molecule has 1 unspecified atom stereocenters. The molecule has 3 rings (SSSR count). The molecule has 8 heteroatoms. The number of likely N-dealkylation sites (tertiary alicyclic amines) is 1. The van der Waals surface area contributed by atoms with E-state index in [0.717, 1.165) is 25.8 Å². The maximum absolute atomic E-state index is 12.9. The van der Waals surface area contributed by atoms with E-state index < -0.39 is 0 Å². The number of aryl methyl sites for hydroxylation is 1. The first-order chi connectivity index (χ1) is 12.1. The quantitative estimate of drug-likeness (QED) is 0.888. The fourth-order valence-corrected chi connectivity index (χ4v) is 2.98. The summed E-state index contributed by atoms with van der Waals surface area (Å²) in [6, 6.07) is 6.04. The van der Waals surface area contributed by atoms with E-state index in [1.807, 2.05) is 4.90 Å². The molecule has 1 amide bonds. The van der Waals surface area contributed by atoms with Gasteiger partial charge in [-0.05, 0) is 48.7 Å². The van der Waals surface area contributed by atoms with Gasteiger partial charge >= 0.3 is 0 Å². The van der Waals surface area contributed by atoms with E-state index in [2.05, 4.69) is 15.4 Å². The largest absolute Gasteiger partial charge is 0.341 e. The lowest BCUT2D eigenvalue weighted by Crippen LogP contribution is -2.39. The van der Waals surface area contributed by atoms with Crippen molar-refractivity contribution >= 4 is 5.91 Å². The number of carbonyl (C=O) groups is 1. The van der Waals surface area contributed by atoms with Crippen LogP contribution in [0.2, 0.25) is 0 Å². The lowest BCUT2D eigenvalue weighted by molar-refractivity contribution is -0.131. The van der Waals surface area contributed by atoms with Crippen LogP contribution in [-0.2, 0) is 11.3 Å². The third-order valence-electron chi connectivity index (χ3n) is 4.36. The maximum atomic E-state index is 12.9. The standard InChI is InChI=1S/C17H23FN6O/c18-14-8-6-13(7-9-14)17-20-22-24(21-17)11-3-5-16(25)23-10-2-1-4-15(19)12-23/h6-9,15H,1-5,10-12,19H2. The van der Waals surface area contributed by atoms with Crippen molar-refractivity contribution in [3.05, 3.63) is 30.1 Å². The third-order valence-corrected chi connectivity index (χ3v) is 4.36. The zero-order valence-corrected chi connectivity index (χ0v) is 14.1. The van der Waals surface area contributed by atoms with Crippen LogP contribution in [-0.4, -0.2) is 50.1 Å². The number of benzene rings is 1. The molecule has 1 fully saturated rings. The molecule has 1 saturated heterocycles. The second kappa shape index (κ2) is 8.15. The summed E-state index contributed by atoms with van der Waals surface area (Å²) in [5, 5.41) is 12.2. The van der Waals surface area contributed by atoms with Crippen LogP contribution in [0.5, 0.6) is 0 Å². The van der Waals surface area contributed by atoms with Crippen molar-refractivity contribution in [1.29, 1.82) is 0 Å². The summed E-state index contributed by atoms with van der Waals surface area (Å²) >= 11 is 0. The first kappa shape index (κ1) is 17.5.